The Balaban J connectivity index is 1.65. The molecule has 1 aliphatic rings. The Kier molecular flexibility index (Phi) is 5.88. The third-order valence-corrected chi connectivity index (χ3v) is 6.12. The molecule has 2 heterocycles. The lowest BCUT2D eigenvalue weighted by molar-refractivity contribution is -0.131. The Morgan fingerprint density at radius 3 is 2.88 bits per heavy atom. The topological polar surface area (TPSA) is 92.1 Å². The standard InChI is InChI=1S/C18H21ClN4O2S/c1-11(26-16-7-3-2-6-13(16)19)18(25)23-8-4-5-12(10-23)14-9-15(17(20)24)22-21-14/h2-3,6-7,9,11-12H,4-5,8,10H2,1H3,(H2,20,24)(H,21,22)/t11-,12+/m1/s1. The zero-order chi connectivity index (χ0) is 18.7. The molecule has 2 aromatic rings. The van der Waals surface area contributed by atoms with Gasteiger partial charge in [0.05, 0.1) is 10.3 Å². The number of halogens is 1. The molecule has 3 rings (SSSR count). The molecular formula is C18H21ClN4O2S. The van der Waals surface area contributed by atoms with Gasteiger partial charge in [-0.2, -0.15) is 5.10 Å². The number of benzene rings is 1. The number of nitrogens with zero attached hydrogens (tertiary/aromatic N) is 2. The number of primary amides is 1. The number of aromatic amines is 1. The van der Waals surface area contributed by atoms with Crippen molar-refractivity contribution >= 4 is 35.2 Å². The molecule has 0 bridgehead atoms. The summed E-state index contributed by atoms with van der Waals surface area (Å²) in [4.78, 5) is 26.9. The number of hydrogen-bond donors (Lipinski definition) is 2. The maximum Gasteiger partial charge on any atom is 0.269 e. The van der Waals surface area contributed by atoms with Crippen molar-refractivity contribution in [1.82, 2.24) is 15.1 Å². The quantitative estimate of drug-likeness (QED) is 0.765. The molecule has 1 aliphatic heterocycles. The molecule has 2 atom stereocenters. The third-order valence-electron chi connectivity index (χ3n) is 4.51. The molecule has 8 heteroatoms. The van der Waals surface area contributed by atoms with Gasteiger partial charge in [0.15, 0.2) is 0 Å². The van der Waals surface area contributed by atoms with Crippen LogP contribution in [0.25, 0.3) is 0 Å². The molecule has 2 amide bonds. The van der Waals surface area contributed by atoms with Gasteiger partial charge >= 0.3 is 0 Å². The van der Waals surface area contributed by atoms with E-state index in [0.29, 0.717) is 11.6 Å². The smallest absolute Gasteiger partial charge is 0.269 e. The van der Waals surface area contributed by atoms with Crippen molar-refractivity contribution in [3.8, 4) is 0 Å². The number of piperidine rings is 1. The maximum absolute atomic E-state index is 12.9. The number of H-pyrrole nitrogens is 1. The van der Waals surface area contributed by atoms with E-state index < -0.39 is 5.91 Å². The van der Waals surface area contributed by atoms with Crippen molar-refractivity contribution in [3.05, 3.63) is 46.7 Å². The Bertz CT molecular complexity index is 810. The summed E-state index contributed by atoms with van der Waals surface area (Å²) in [5.41, 5.74) is 6.34. The monoisotopic (exact) mass is 392 g/mol. The van der Waals surface area contributed by atoms with E-state index in [9.17, 15) is 9.59 Å². The average molecular weight is 393 g/mol. The molecule has 1 fully saturated rings. The van der Waals surface area contributed by atoms with Crippen LogP contribution in [-0.2, 0) is 4.79 Å². The van der Waals surface area contributed by atoms with Gasteiger partial charge < -0.3 is 10.6 Å². The predicted octanol–water partition coefficient (Wildman–Crippen LogP) is 3.05. The first-order chi connectivity index (χ1) is 12.5. The highest BCUT2D eigenvalue weighted by Crippen LogP contribution is 2.32. The number of likely N-dealkylation sites (tertiary alicyclic amines) is 1. The lowest BCUT2D eigenvalue weighted by Crippen LogP contribution is -2.42. The number of aromatic nitrogens is 2. The molecule has 0 spiro atoms. The Labute approximate surface area is 161 Å². The fraction of sp³-hybridized carbons (Fsp3) is 0.389. The molecule has 138 valence electrons. The second kappa shape index (κ2) is 8.14. The zero-order valence-electron chi connectivity index (χ0n) is 14.4. The van der Waals surface area contributed by atoms with Crippen molar-refractivity contribution in [2.24, 2.45) is 5.73 Å². The normalized spacial score (nSPS) is 18.5. The highest BCUT2D eigenvalue weighted by atomic mass is 35.5. The average Bonchev–Trinajstić information content (AvgIpc) is 3.13. The highest BCUT2D eigenvalue weighted by molar-refractivity contribution is 8.00. The summed E-state index contributed by atoms with van der Waals surface area (Å²) < 4.78 is 0. The molecule has 0 unspecified atom stereocenters. The number of hydrogen-bond acceptors (Lipinski definition) is 4. The molecule has 0 aliphatic carbocycles. The SMILES string of the molecule is C[C@@H](Sc1ccccc1Cl)C(=O)N1CCC[C@H](c2cc(C(N)=O)n[nH]2)C1. The second-order valence-electron chi connectivity index (χ2n) is 6.39. The molecular weight excluding hydrogens is 372 g/mol. The van der Waals surface area contributed by atoms with Crippen molar-refractivity contribution in [2.45, 2.75) is 35.8 Å². The number of thioether (sulfide) groups is 1. The molecule has 1 aromatic carbocycles. The van der Waals surface area contributed by atoms with Gasteiger partial charge in [-0.1, -0.05) is 23.7 Å². The van der Waals surface area contributed by atoms with Gasteiger partial charge in [-0.25, -0.2) is 0 Å². The summed E-state index contributed by atoms with van der Waals surface area (Å²) in [6, 6.07) is 9.22. The number of carbonyl (C=O) groups is 2. The van der Waals surface area contributed by atoms with Crippen molar-refractivity contribution < 1.29 is 9.59 Å². The summed E-state index contributed by atoms with van der Waals surface area (Å²) >= 11 is 7.67. The van der Waals surface area contributed by atoms with E-state index in [1.54, 1.807) is 6.07 Å². The van der Waals surface area contributed by atoms with E-state index >= 15 is 0 Å². The van der Waals surface area contributed by atoms with Gasteiger partial charge in [0.2, 0.25) is 5.91 Å². The van der Waals surface area contributed by atoms with Crippen LogP contribution in [0.15, 0.2) is 35.2 Å². The Morgan fingerprint density at radius 2 is 2.19 bits per heavy atom. The molecule has 1 saturated heterocycles. The largest absolute Gasteiger partial charge is 0.364 e. The van der Waals surface area contributed by atoms with Crippen LogP contribution < -0.4 is 5.73 Å². The molecule has 0 saturated carbocycles. The summed E-state index contributed by atoms with van der Waals surface area (Å²) in [5, 5.41) is 7.25. The minimum absolute atomic E-state index is 0.0919. The molecule has 6 nitrogen and oxygen atoms in total. The van der Waals surface area contributed by atoms with Gasteiger partial charge in [0.25, 0.3) is 5.91 Å². The fourth-order valence-electron chi connectivity index (χ4n) is 3.14. The van der Waals surface area contributed by atoms with E-state index in [-0.39, 0.29) is 22.8 Å². The molecule has 26 heavy (non-hydrogen) atoms. The van der Waals surface area contributed by atoms with E-state index in [1.807, 2.05) is 36.1 Å². The zero-order valence-corrected chi connectivity index (χ0v) is 16.0. The Hall–Kier alpha value is -1.99. The van der Waals surface area contributed by atoms with Gasteiger partial charge in [-0.05, 0) is 38.0 Å². The van der Waals surface area contributed by atoms with Crippen molar-refractivity contribution in [3.63, 3.8) is 0 Å². The van der Waals surface area contributed by atoms with E-state index in [1.165, 1.54) is 11.8 Å². The van der Waals surface area contributed by atoms with Gasteiger partial charge in [-0.15, -0.1) is 11.8 Å². The van der Waals surface area contributed by atoms with Crippen LogP contribution in [0.5, 0.6) is 0 Å². The first kappa shape index (κ1) is 18.8. The van der Waals surface area contributed by atoms with E-state index in [0.717, 1.165) is 30.0 Å². The van der Waals surface area contributed by atoms with Crippen LogP contribution in [0.3, 0.4) is 0 Å². The Morgan fingerprint density at radius 1 is 1.42 bits per heavy atom. The van der Waals surface area contributed by atoms with Crippen LogP contribution in [0.4, 0.5) is 0 Å². The lowest BCUT2D eigenvalue weighted by Gasteiger charge is -2.33. The third kappa shape index (κ3) is 4.22. The fourth-order valence-corrected chi connectivity index (χ4v) is 4.38. The number of rotatable bonds is 5. The maximum atomic E-state index is 12.9. The van der Waals surface area contributed by atoms with Gasteiger partial charge in [0.1, 0.15) is 5.69 Å². The van der Waals surface area contributed by atoms with E-state index in [2.05, 4.69) is 10.2 Å². The predicted molar refractivity (Wildman–Crippen MR) is 102 cm³/mol. The number of nitrogens with one attached hydrogen (secondary N) is 1. The summed E-state index contributed by atoms with van der Waals surface area (Å²) in [6.07, 6.45) is 1.85. The van der Waals surface area contributed by atoms with Crippen LogP contribution >= 0.6 is 23.4 Å². The van der Waals surface area contributed by atoms with Crippen LogP contribution in [0, 0.1) is 0 Å². The van der Waals surface area contributed by atoms with E-state index in [4.69, 9.17) is 17.3 Å². The number of carbonyl (C=O) groups excluding carboxylic acids is 2. The molecule has 3 N–H and O–H groups in total. The highest BCUT2D eigenvalue weighted by Gasteiger charge is 2.29. The first-order valence-electron chi connectivity index (χ1n) is 8.50. The minimum atomic E-state index is -0.555. The molecule has 1 aromatic heterocycles. The lowest BCUT2D eigenvalue weighted by atomic mass is 9.94. The summed E-state index contributed by atoms with van der Waals surface area (Å²) in [7, 11) is 0. The van der Waals surface area contributed by atoms with Gasteiger partial charge in [-0.3, -0.25) is 14.7 Å². The van der Waals surface area contributed by atoms with Gasteiger partial charge in [0, 0.05) is 29.6 Å². The minimum Gasteiger partial charge on any atom is -0.364 e. The second-order valence-corrected chi connectivity index (χ2v) is 8.18. The molecule has 0 radical (unpaired) electrons. The van der Waals surface area contributed by atoms with Crippen molar-refractivity contribution in [2.75, 3.05) is 13.1 Å². The van der Waals surface area contributed by atoms with Crippen LogP contribution in [-0.4, -0.2) is 45.3 Å². The van der Waals surface area contributed by atoms with Crippen molar-refractivity contribution in [1.29, 1.82) is 0 Å². The summed E-state index contributed by atoms with van der Waals surface area (Å²) in [5.74, 6) is -0.332. The number of amides is 2. The first-order valence-corrected chi connectivity index (χ1v) is 9.76. The summed E-state index contributed by atoms with van der Waals surface area (Å²) in [6.45, 7) is 3.24. The van der Waals surface area contributed by atoms with Crippen LogP contribution in [0.1, 0.15) is 41.9 Å². The number of nitrogens with two attached hydrogens (primary N) is 1. The van der Waals surface area contributed by atoms with Crippen LogP contribution in [0.2, 0.25) is 5.02 Å².